The van der Waals surface area contributed by atoms with E-state index in [4.69, 9.17) is 27.8 Å². The van der Waals surface area contributed by atoms with Gasteiger partial charge in [0.2, 0.25) is 0 Å². The summed E-state index contributed by atoms with van der Waals surface area (Å²) in [5.41, 5.74) is -3.18. The minimum atomic E-state index is -4.92. The minimum Gasteiger partial charge on any atom is -0.387 e. The number of nitrogens with one attached hydrogen (secondary N) is 2. The minimum absolute atomic E-state index is 0.677. The molecule has 0 saturated carbocycles. The predicted octanol–water partition coefficient (Wildman–Crippen LogP) is -2.28. The first-order valence-electron chi connectivity index (χ1n) is 11.6. The smallest absolute Gasteiger partial charge is 0.387 e. The third kappa shape index (κ3) is 7.19. The van der Waals surface area contributed by atoms with Gasteiger partial charge in [-0.15, -0.1) is 4.52 Å². The van der Waals surface area contributed by atoms with Gasteiger partial charge in [0.05, 0.1) is 13.2 Å². The predicted molar refractivity (Wildman–Crippen MR) is 136 cm³/mol. The third-order valence-electron chi connectivity index (χ3n) is 6.16. The van der Waals surface area contributed by atoms with Gasteiger partial charge in [0.25, 0.3) is 11.1 Å². The van der Waals surface area contributed by atoms with Crippen molar-refractivity contribution in [2.24, 2.45) is 0 Å². The van der Waals surface area contributed by atoms with Crippen molar-refractivity contribution in [2.75, 3.05) is 20.3 Å². The molecule has 5 N–H and O–H groups in total. The number of aliphatic hydroxyl groups is 2. The lowest BCUT2D eigenvalue weighted by Gasteiger charge is -2.20. The molecule has 22 heteroatoms. The van der Waals surface area contributed by atoms with E-state index in [2.05, 4.69) is 12.2 Å². The van der Waals surface area contributed by atoms with Gasteiger partial charge in [0, 0.05) is 31.6 Å². The molecule has 2 aliphatic rings. The lowest BCUT2D eigenvalue weighted by Crippen LogP contribution is -2.39. The zero-order chi connectivity index (χ0) is 30.1. The molecule has 0 spiro atoms. The molecule has 0 bridgehead atoms. The monoisotopic (exact) mass is 643 g/mol. The van der Waals surface area contributed by atoms with E-state index in [1.54, 1.807) is 0 Å². The van der Waals surface area contributed by atoms with Crippen LogP contribution in [0.4, 0.5) is 0 Å². The molecule has 0 radical (unpaired) electrons. The summed E-state index contributed by atoms with van der Waals surface area (Å²) in [6.45, 7) is -1.51. The van der Waals surface area contributed by atoms with Crippen molar-refractivity contribution in [3.63, 3.8) is 0 Å². The Hall–Kier alpha value is -2.32. The third-order valence-corrected chi connectivity index (χ3v) is 7.82. The SMILES string of the molecule is CO[C@H]1C(O[P+](=O)S)[C@@H](COP(=O)(O)OC[C@H]2O[C@H](n3ccc(=O)[nH]c3=O)[C@@H](O)C2O)O[C@H]1n1ccc(=O)[nH]c1=O. The van der Waals surface area contributed by atoms with Gasteiger partial charge < -0.3 is 29.3 Å². The highest BCUT2D eigenvalue weighted by Gasteiger charge is 2.52. The van der Waals surface area contributed by atoms with E-state index in [0.717, 1.165) is 33.7 Å². The number of phosphoric ester groups is 1. The number of thiol groups is 1. The molecule has 2 aliphatic heterocycles. The van der Waals surface area contributed by atoms with Crippen LogP contribution < -0.4 is 22.5 Å². The van der Waals surface area contributed by atoms with Crippen LogP contribution in [0.2, 0.25) is 0 Å². The van der Waals surface area contributed by atoms with Gasteiger partial charge in [-0.1, -0.05) is 0 Å². The van der Waals surface area contributed by atoms with E-state index < -0.39 is 99.8 Å². The van der Waals surface area contributed by atoms with E-state index in [1.165, 1.54) is 7.11 Å². The lowest BCUT2D eigenvalue weighted by atomic mass is 10.1. The van der Waals surface area contributed by atoms with Gasteiger partial charge in [-0.2, -0.15) is 0 Å². The molecule has 0 aliphatic carbocycles. The summed E-state index contributed by atoms with van der Waals surface area (Å²) in [5, 5.41) is 20.6. The van der Waals surface area contributed by atoms with Crippen molar-refractivity contribution in [3.8, 4) is 0 Å². The molecule has 0 amide bonds. The van der Waals surface area contributed by atoms with Crippen molar-refractivity contribution < 1.29 is 52.0 Å². The van der Waals surface area contributed by atoms with Crippen molar-refractivity contribution in [2.45, 2.75) is 49.1 Å². The summed E-state index contributed by atoms with van der Waals surface area (Å²) in [7, 11) is -6.24. The summed E-state index contributed by atoms with van der Waals surface area (Å²) < 4.78 is 57.7. The van der Waals surface area contributed by atoms with Gasteiger partial charge in [0.1, 0.15) is 42.8 Å². The van der Waals surface area contributed by atoms with Crippen LogP contribution in [0.5, 0.6) is 0 Å². The van der Waals surface area contributed by atoms with Crippen molar-refractivity contribution in [1.29, 1.82) is 0 Å². The molecule has 10 atom stereocenters. The first-order chi connectivity index (χ1) is 19.3. The number of aromatic nitrogens is 4. The van der Waals surface area contributed by atoms with Crippen LogP contribution in [0.15, 0.2) is 43.7 Å². The van der Waals surface area contributed by atoms with Crippen LogP contribution in [-0.4, -0.2) is 91.2 Å². The molecule has 226 valence electrons. The normalized spacial score (nSPS) is 31.7. The fraction of sp³-hybridized carbons (Fsp3) is 0.579. The van der Waals surface area contributed by atoms with Crippen LogP contribution in [0.1, 0.15) is 12.5 Å². The summed E-state index contributed by atoms with van der Waals surface area (Å²) >= 11 is 3.71. The quantitative estimate of drug-likeness (QED) is 0.111. The molecular formula is C19H25N4O15P2S+. The number of aromatic amines is 2. The first kappa shape index (κ1) is 31.6. The fourth-order valence-corrected chi connectivity index (χ4v) is 5.81. The second-order valence-electron chi connectivity index (χ2n) is 8.71. The largest absolute Gasteiger partial charge is 0.582 e. The standard InChI is InChI=1S/C19H24N4O15P2S/c1-33-15-14(38-39(30)41)9(37-17(15)23-5-3-11(25)21-19(23)29)7-35-40(31,32)34-6-8-12(26)13(27)16(36-8)22-4-2-10(24)20-18(22)28/h2-5,8-9,12-17,26-27H,6-7H2,1H3,(H3-,20,21,24,25,28,29,30,31,32,41)/p+1/t8-,9-,12?,13+,14?,15+,16+,17-/m1/s1. The number of H-pyrrole nitrogens is 2. The second kappa shape index (κ2) is 12.9. The molecular weight excluding hydrogens is 618 g/mol. The molecule has 4 rings (SSSR count). The molecule has 2 aromatic rings. The Balaban J connectivity index is 1.42. The molecule has 0 aromatic carbocycles. The molecule has 2 fully saturated rings. The molecule has 4 heterocycles. The highest BCUT2D eigenvalue weighted by molar-refractivity contribution is 8.39. The molecule has 2 aromatic heterocycles. The van der Waals surface area contributed by atoms with Crippen LogP contribution in [0.25, 0.3) is 0 Å². The average Bonchev–Trinajstić information content (AvgIpc) is 3.37. The second-order valence-corrected chi connectivity index (χ2v) is 11.8. The van der Waals surface area contributed by atoms with Crippen LogP contribution in [0.3, 0.4) is 0 Å². The number of rotatable bonds is 11. The van der Waals surface area contributed by atoms with Crippen molar-refractivity contribution in [1.82, 2.24) is 19.1 Å². The van der Waals surface area contributed by atoms with E-state index in [9.17, 15) is 43.4 Å². The maximum Gasteiger partial charge on any atom is 0.582 e. The topological polar surface area (TPSA) is 260 Å². The first-order valence-corrected chi connectivity index (χ1v) is 15.4. The van der Waals surface area contributed by atoms with Gasteiger partial charge >= 0.3 is 26.4 Å². The van der Waals surface area contributed by atoms with Gasteiger partial charge in [0.15, 0.2) is 18.6 Å². The Morgan fingerprint density at radius 2 is 1.44 bits per heavy atom. The van der Waals surface area contributed by atoms with Crippen LogP contribution >= 0.6 is 27.3 Å². The van der Waals surface area contributed by atoms with E-state index >= 15 is 0 Å². The zero-order valence-corrected chi connectivity index (χ0v) is 23.5. The zero-order valence-electron chi connectivity index (χ0n) is 20.8. The van der Waals surface area contributed by atoms with E-state index in [0.29, 0.717) is 0 Å². The Labute approximate surface area is 234 Å². The number of nitrogens with zero attached hydrogens (tertiary/aromatic N) is 2. The molecule has 4 unspecified atom stereocenters. The maximum atomic E-state index is 12.6. The summed E-state index contributed by atoms with van der Waals surface area (Å²) in [6, 6.07) is 2.03. The Morgan fingerprint density at radius 1 is 0.927 bits per heavy atom. The van der Waals surface area contributed by atoms with Crippen LogP contribution in [0, 0.1) is 0 Å². The maximum absolute atomic E-state index is 12.6. The van der Waals surface area contributed by atoms with E-state index in [1.807, 2.05) is 9.97 Å². The summed E-state index contributed by atoms with van der Waals surface area (Å²) in [6.07, 6.45) is -8.91. The number of methoxy groups -OCH3 is 1. The number of phosphoric acid groups is 1. The van der Waals surface area contributed by atoms with Gasteiger partial charge in [-0.25, -0.2) is 14.2 Å². The highest BCUT2D eigenvalue weighted by Crippen LogP contribution is 2.47. The molecule has 19 nitrogen and oxygen atoms in total. The Bertz CT molecular complexity index is 1540. The number of hydrogen-bond acceptors (Lipinski definition) is 14. The number of hydrogen-bond donors (Lipinski definition) is 6. The Morgan fingerprint density at radius 3 is 1.95 bits per heavy atom. The van der Waals surface area contributed by atoms with Gasteiger partial charge in [-0.3, -0.25) is 37.7 Å². The van der Waals surface area contributed by atoms with Crippen LogP contribution in [-0.2, 0) is 36.9 Å². The van der Waals surface area contributed by atoms with Crippen molar-refractivity contribution in [3.05, 3.63) is 66.2 Å². The van der Waals surface area contributed by atoms with E-state index in [-0.39, 0.29) is 0 Å². The van der Waals surface area contributed by atoms with Gasteiger partial charge in [-0.05, 0) is 4.57 Å². The number of ether oxygens (including phenoxy) is 3. The average molecular weight is 643 g/mol. The number of aliphatic hydroxyl groups excluding tert-OH is 2. The molecule has 2 saturated heterocycles. The Kier molecular flexibility index (Phi) is 9.95. The summed E-state index contributed by atoms with van der Waals surface area (Å²) in [4.78, 5) is 61.2. The fourth-order valence-electron chi connectivity index (χ4n) is 4.27. The van der Waals surface area contributed by atoms with Crippen molar-refractivity contribution >= 4 is 27.3 Å². The lowest BCUT2D eigenvalue weighted by molar-refractivity contribution is -0.0671. The summed E-state index contributed by atoms with van der Waals surface area (Å²) in [5.74, 6) is 0. The molecule has 41 heavy (non-hydrogen) atoms. The highest BCUT2D eigenvalue weighted by atomic mass is 32.7.